The molecule has 51 valence electrons. The lowest BCUT2D eigenvalue weighted by atomic mass is 10.1. The van der Waals surface area contributed by atoms with E-state index in [-0.39, 0.29) is 0 Å². The summed E-state index contributed by atoms with van der Waals surface area (Å²) in [5, 5.41) is 6.67. The van der Waals surface area contributed by atoms with Gasteiger partial charge in [-0.1, -0.05) is 0 Å². The van der Waals surface area contributed by atoms with Gasteiger partial charge in [-0.25, -0.2) is 0 Å². The highest BCUT2D eigenvalue weighted by Crippen LogP contribution is 2.13. The number of fused-ring (bicyclic) bond motifs is 1. The zero-order valence-electron chi connectivity index (χ0n) is 5.31. The van der Waals surface area contributed by atoms with E-state index >= 15 is 0 Å². The first-order chi connectivity index (χ1) is 4.47. The Morgan fingerprint density at radius 3 is 3.33 bits per heavy atom. The Labute approximate surface area is 54.8 Å². The van der Waals surface area contributed by atoms with Crippen LogP contribution in [0.4, 0.5) is 0 Å². The van der Waals surface area contributed by atoms with E-state index in [2.05, 4.69) is 10.6 Å². The van der Waals surface area contributed by atoms with Crippen molar-refractivity contribution in [2.24, 2.45) is 0 Å². The van der Waals surface area contributed by atoms with Gasteiger partial charge in [-0.15, -0.1) is 0 Å². The van der Waals surface area contributed by atoms with Crippen molar-refractivity contribution >= 4 is 0 Å². The average Bonchev–Trinajstić information content (AvgIpc) is 2.33. The van der Waals surface area contributed by atoms with Gasteiger partial charge in [-0.05, 0) is 0 Å². The van der Waals surface area contributed by atoms with Crippen molar-refractivity contribution in [1.29, 1.82) is 0 Å². The summed E-state index contributed by atoms with van der Waals surface area (Å²) in [7, 11) is 0. The van der Waals surface area contributed by atoms with E-state index in [0.29, 0.717) is 6.04 Å². The summed E-state index contributed by atoms with van der Waals surface area (Å²) in [5.74, 6) is 0. The molecule has 0 spiro atoms. The molecule has 0 aromatic rings. The number of rotatable bonds is 0. The Bertz CT molecular complexity index is 95.2. The Hall–Kier alpha value is -0.120. The molecule has 0 aromatic heterocycles. The number of hydrogen-bond donors (Lipinski definition) is 2. The largest absolute Gasteiger partial charge is 0.378 e. The van der Waals surface area contributed by atoms with E-state index in [4.69, 9.17) is 4.74 Å². The predicted octanol–water partition coefficient (Wildman–Crippen LogP) is -0.890. The van der Waals surface area contributed by atoms with Crippen molar-refractivity contribution in [1.82, 2.24) is 10.6 Å². The van der Waals surface area contributed by atoms with Crippen molar-refractivity contribution in [3.05, 3.63) is 6.04 Å². The molecule has 0 bridgehead atoms. The van der Waals surface area contributed by atoms with Crippen LogP contribution in [0.5, 0.6) is 0 Å². The maximum atomic E-state index is 5.23. The predicted molar refractivity (Wildman–Crippen MR) is 33.9 cm³/mol. The second-order valence-corrected chi connectivity index (χ2v) is 2.47. The van der Waals surface area contributed by atoms with Gasteiger partial charge < -0.3 is 15.4 Å². The zero-order valence-corrected chi connectivity index (χ0v) is 5.31. The van der Waals surface area contributed by atoms with Crippen molar-refractivity contribution in [2.45, 2.75) is 6.04 Å². The smallest absolute Gasteiger partial charge is 0.0818 e. The molecule has 0 aliphatic carbocycles. The lowest BCUT2D eigenvalue weighted by molar-refractivity contribution is 0.192. The number of piperazine rings is 1. The summed E-state index contributed by atoms with van der Waals surface area (Å²) in [6.07, 6.45) is 0. The SMILES string of the molecule is C1CNC2COC[C]2N1. The molecule has 2 heterocycles. The van der Waals surface area contributed by atoms with Crippen LogP contribution in [0.2, 0.25) is 0 Å². The van der Waals surface area contributed by atoms with Gasteiger partial charge >= 0.3 is 0 Å². The molecule has 3 heteroatoms. The summed E-state index contributed by atoms with van der Waals surface area (Å²) in [6, 6.07) is 1.83. The summed E-state index contributed by atoms with van der Waals surface area (Å²) in [6.45, 7) is 3.77. The molecule has 2 saturated heterocycles. The second-order valence-electron chi connectivity index (χ2n) is 2.47. The Kier molecular flexibility index (Phi) is 1.41. The lowest BCUT2D eigenvalue weighted by Gasteiger charge is -2.24. The van der Waals surface area contributed by atoms with Gasteiger partial charge in [-0.2, -0.15) is 0 Å². The molecule has 2 rings (SSSR count). The van der Waals surface area contributed by atoms with Crippen molar-refractivity contribution in [2.75, 3.05) is 26.3 Å². The molecule has 9 heavy (non-hydrogen) atoms. The minimum atomic E-state index is 0.499. The fraction of sp³-hybridized carbons (Fsp3) is 0.833. The monoisotopic (exact) mass is 127 g/mol. The van der Waals surface area contributed by atoms with Crippen LogP contribution in [0.3, 0.4) is 0 Å². The van der Waals surface area contributed by atoms with Crippen molar-refractivity contribution < 1.29 is 4.74 Å². The minimum absolute atomic E-state index is 0.499. The molecule has 1 unspecified atom stereocenters. The normalized spacial score (nSPS) is 36.7. The summed E-state index contributed by atoms with van der Waals surface area (Å²) in [4.78, 5) is 0. The minimum Gasteiger partial charge on any atom is -0.378 e. The number of ether oxygens (including phenoxy) is 1. The summed E-state index contributed by atoms with van der Waals surface area (Å²) >= 11 is 0. The average molecular weight is 127 g/mol. The van der Waals surface area contributed by atoms with E-state index in [9.17, 15) is 0 Å². The van der Waals surface area contributed by atoms with Crippen molar-refractivity contribution in [3.63, 3.8) is 0 Å². The van der Waals surface area contributed by atoms with Gasteiger partial charge in [0.15, 0.2) is 0 Å². The highest BCUT2D eigenvalue weighted by atomic mass is 16.5. The molecule has 0 saturated carbocycles. The van der Waals surface area contributed by atoms with Crippen LogP contribution in [-0.2, 0) is 4.74 Å². The van der Waals surface area contributed by atoms with E-state index in [1.807, 2.05) is 0 Å². The lowest BCUT2D eigenvalue weighted by Crippen LogP contribution is -2.49. The first kappa shape index (κ1) is 5.65. The van der Waals surface area contributed by atoms with Crippen LogP contribution in [0.25, 0.3) is 0 Å². The molecular formula is C6H11N2O. The Morgan fingerprint density at radius 1 is 1.44 bits per heavy atom. The molecular weight excluding hydrogens is 116 g/mol. The highest BCUT2D eigenvalue weighted by Gasteiger charge is 2.30. The van der Waals surface area contributed by atoms with Crippen LogP contribution in [-0.4, -0.2) is 32.3 Å². The van der Waals surface area contributed by atoms with Gasteiger partial charge in [0, 0.05) is 13.1 Å². The van der Waals surface area contributed by atoms with E-state index in [1.165, 1.54) is 6.04 Å². The fourth-order valence-electron chi connectivity index (χ4n) is 1.31. The maximum Gasteiger partial charge on any atom is 0.0818 e. The number of hydrogen-bond acceptors (Lipinski definition) is 3. The van der Waals surface area contributed by atoms with E-state index < -0.39 is 0 Å². The van der Waals surface area contributed by atoms with E-state index in [0.717, 1.165) is 26.3 Å². The topological polar surface area (TPSA) is 33.3 Å². The molecule has 2 aliphatic heterocycles. The molecule has 3 nitrogen and oxygen atoms in total. The molecule has 1 atom stereocenters. The second kappa shape index (κ2) is 2.25. The first-order valence-corrected chi connectivity index (χ1v) is 3.37. The molecule has 1 radical (unpaired) electrons. The number of nitrogens with one attached hydrogen (secondary N) is 2. The Balaban J connectivity index is 1.97. The Morgan fingerprint density at radius 2 is 2.44 bits per heavy atom. The van der Waals surface area contributed by atoms with Gasteiger partial charge in [0.2, 0.25) is 0 Å². The zero-order chi connectivity index (χ0) is 6.10. The first-order valence-electron chi connectivity index (χ1n) is 3.37. The maximum absolute atomic E-state index is 5.23. The molecule has 2 fully saturated rings. The third kappa shape index (κ3) is 0.956. The van der Waals surface area contributed by atoms with Crippen LogP contribution in [0, 0.1) is 6.04 Å². The third-order valence-corrected chi connectivity index (χ3v) is 1.83. The van der Waals surface area contributed by atoms with Crippen LogP contribution in [0.1, 0.15) is 0 Å². The van der Waals surface area contributed by atoms with Gasteiger partial charge in [0.1, 0.15) is 0 Å². The van der Waals surface area contributed by atoms with Crippen LogP contribution >= 0.6 is 0 Å². The summed E-state index contributed by atoms with van der Waals surface area (Å²) < 4.78 is 5.23. The van der Waals surface area contributed by atoms with Gasteiger partial charge in [0.25, 0.3) is 0 Å². The van der Waals surface area contributed by atoms with Crippen LogP contribution in [0.15, 0.2) is 0 Å². The van der Waals surface area contributed by atoms with Crippen LogP contribution < -0.4 is 10.6 Å². The van der Waals surface area contributed by atoms with Crippen molar-refractivity contribution in [3.8, 4) is 0 Å². The highest BCUT2D eigenvalue weighted by molar-refractivity contribution is 5.05. The molecule has 2 N–H and O–H groups in total. The third-order valence-electron chi connectivity index (χ3n) is 1.83. The molecule has 0 amide bonds. The van der Waals surface area contributed by atoms with Gasteiger partial charge in [-0.3, -0.25) is 0 Å². The molecule has 2 aliphatic rings. The van der Waals surface area contributed by atoms with E-state index in [1.54, 1.807) is 0 Å². The molecule has 0 aromatic carbocycles. The summed E-state index contributed by atoms with van der Waals surface area (Å²) in [5.41, 5.74) is 0. The quantitative estimate of drug-likeness (QED) is 0.443. The fourth-order valence-corrected chi connectivity index (χ4v) is 1.31. The standard InChI is InChI=1S/C6H11N2O/c1-2-8-6-4-9-3-5(6)7-1/h5,7-8H,1-4H2. The van der Waals surface area contributed by atoms with Gasteiger partial charge in [0.05, 0.1) is 25.3 Å².